The fourth-order valence-electron chi connectivity index (χ4n) is 4.48. The molecular weight excluding hydrogens is 260 g/mol. The van der Waals surface area contributed by atoms with Gasteiger partial charge in [-0.3, -0.25) is 4.79 Å². The minimum Gasteiger partial charge on any atom is -0.459 e. The van der Waals surface area contributed by atoms with Gasteiger partial charge in [-0.1, -0.05) is 26.0 Å². The number of hydrogen-bond donors (Lipinski definition) is 0. The summed E-state index contributed by atoms with van der Waals surface area (Å²) < 4.78 is 5.80. The predicted octanol–water partition coefficient (Wildman–Crippen LogP) is 5.27. The average Bonchev–Trinajstić information content (AvgIpc) is 2.37. The van der Waals surface area contributed by atoms with Crippen LogP contribution in [0.5, 0.6) is 0 Å². The second kappa shape index (κ2) is 6.14. The molecule has 0 amide bonds. The number of carbonyl (C=O) groups is 1. The Balaban J connectivity index is 2.05. The molecule has 0 spiro atoms. The molecule has 21 heavy (non-hydrogen) atoms. The molecule has 120 valence electrons. The third-order valence-corrected chi connectivity index (χ3v) is 5.98. The molecule has 0 bridgehead atoms. The fraction of sp³-hybridized carbons (Fsp3) is 0.842. The van der Waals surface area contributed by atoms with E-state index in [1.165, 1.54) is 37.7 Å². The lowest BCUT2D eigenvalue weighted by Gasteiger charge is -2.51. The zero-order chi connectivity index (χ0) is 15.7. The zero-order valence-corrected chi connectivity index (χ0v) is 14.3. The number of ether oxygens (including phenoxy) is 1. The van der Waals surface area contributed by atoms with Crippen molar-refractivity contribution in [3.8, 4) is 0 Å². The molecule has 3 atom stereocenters. The summed E-state index contributed by atoms with van der Waals surface area (Å²) in [7, 11) is 0. The molecular formula is C19H32O2. The quantitative estimate of drug-likeness (QED) is 0.521. The molecule has 2 rings (SSSR count). The van der Waals surface area contributed by atoms with Crippen LogP contribution >= 0.6 is 0 Å². The number of allylic oxidation sites excluding steroid dienone is 1. The zero-order valence-electron chi connectivity index (χ0n) is 14.3. The predicted molar refractivity (Wildman–Crippen MR) is 87.0 cm³/mol. The number of esters is 1. The van der Waals surface area contributed by atoms with Gasteiger partial charge < -0.3 is 4.74 Å². The molecule has 0 aromatic heterocycles. The SMILES string of the molecule is C=C1CCC[C@]2(C)CC[C@@H](C(C)(C)OC(=O)CCC)C[C@@H]12. The molecule has 0 aliphatic heterocycles. The molecule has 0 radical (unpaired) electrons. The van der Waals surface area contributed by atoms with Gasteiger partial charge in [-0.15, -0.1) is 0 Å². The lowest BCUT2D eigenvalue weighted by Crippen LogP contribution is -2.45. The van der Waals surface area contributed by atoms with E-state index in [1.807, 2.05) is 6.92 Å². The van der Waals surface area contributed by atoms with Gasteiger partial charge in [-0.25, -0.2) is 0 Å². The van der Waals surface area contributed by atoms with Crippen LogP contribution < -0.4 is 0 Å². The van der Waals surface area contributed by atoms with E-state index in [9.17, 15) is 4.79 Å². The fourth-order valence-corrected chi connectivity index (χ4v) is 4.48. The summed E-state index contributed by atoms with van der Waals surface area (Å²) in [6, 6.07) is 0. The van der Waals surface area contributed by atoms with Crippen LogP contribution in [0.4, 0.5) is 0 Å². The van der Waals surface area contributed by atoms with Crippen molar-refractivity contribution in [1.29, 1.82) is 0 Å². The monoisotopic (exact) mass is 292 g/mol. The molecule has 2 fully saturated rings. The second-order valence-corrected chi connectivity index (χ2v) is 8.02. The largest absolute Gasteiger partial charge is 0.459 e. The van der Waals surface area contributed by atoms with Crippen molar-refractivity contribution in [2.45, 2.75) is 84.7 Å². The molecule has 0 unspecified atom stereocenters. The van der Waals surface area contributed by atoms with Crippen LogP contribution in [0, 0.1) is 17.3 Å². The summed E-state index contributed by atoms with van der Waals surface area (Å²) in [6.07, 6.45) is 8.76. The summed E-state index contributed by atoms with van der Waals surface area (Å²) in [5.41, 5.74) is 1.53. The number of rotatable bonds is 4. The summed E-state index contributed by atoms with van der Waals surface area (Å²) in [5.74, 6) is 1.04. The minimum atomic E-state index is -0.342. The molecule has 0 aromatic carbocycles. The van der Waals surface area contributed by atoms with E-state index in [1.54, 1.807) is 0 Å². The Morgan fingerprint density at radius 1 is 1.43 bits per heavy atom. The molecule has 0 aromatic rings. The highest BCUT2D eigenvalue weighted by Crippen LogP contribution is 2.55. The molecule has 2 aliphatic carbocycles. The standard InChI is InChI=1S/C19H32O2/c1-6-8-17(20)21-18(3,4)15-10-12-19(5)11-7-9-14(2)16(19)13-15/h15-16H,2,6-13H2,1,3-5H3/t15-,16+,19-/m1/s1. The van der Waals surface area contributed by atoms with E-state index >= 15 is 0 Å². The second-order valence-electron chi connectivity index (χ2n) is 8.02. The van der Waals surface area contributed by atoms with Gasteiger partial charge in [0.25, 0.3) is 0 Å². The molecule has 2 aliphatic rings. The maximum absolute atomic E-state index is 11.9. The van der Waals surface area contributed by atoms with Crippen LogP contribution in [0.15, 0.2) is 12.2 Å². The Bertz CT molecular complexity index is 410. The van der Waals surface area contributed by atoms with Crippen LogP contribution in [0.3, 0.4) is 0 Å². The van der Waals surface area contributed by atoms with Gasteiger partial charge in [-0.2, -0.15) is 0 Å². The molecule has 0 N–H and O–H groups in total. The van der Waals surface area contributed by atoms with E-state index in [0.29, 0.717) is 23.7 Å². The molecule has 2 heteroatoms. The van der Waals surface area contributed by atoms with Crippen molar-refractivity contribution in [1.82, 2.24) is 0 Å². The van der Waals surface area contributed by atoms with Gasteiger partial charge in [0, 0.05) is 6.42 Å². The van der Waals surface area contributed by atoms with Gasteiger partial charge in [0.2, 0.25) is 0 Å². The van der Waals surface area contributed by atoms with Gasteiger partial charge >= 0.3 is 5.97 Å². The van der Waals surface area contributed by atoms with E-state index < -0.39 is 0 Å². The van der Waals surface area contributed by atoms with Gasteiger partial charge in [0.1, 0.15) is 5.60 Å². The van der Waals surface area contributed by atoms with Crippen molar-refractivity contribution < 1.29 is 9.53 Å². The molecule has 2 nitrogen and oxygen atoms in total. The third-order valence-electron chi connectivity index (χ3n) is 5.98. The summed E-state index contributed by atoms with van der Waals surface area (Å²) in [6.45, 7) is 13.0. The highest BCUT2D eigenvalue weighted by Gasteiger charge is 2.47. The van der Waals surface area contributed by atoms with Crippen molar-refractivity contribution in [3.05, 3.63) is 12.2 Å². The van der Waals surface area contributed by atoms with E-state index in [0.717, 1.165) is 12.8 Å². The normalized spacial score (nSPS) is 33.4. The van der Waals surface area contributed by atoms with Gasteiger partial charge in [-0.05, 0) is 76.0 Å². The van der Waals surface area contributed by atoms with Crippen LogP contribution in [0.2, 0.25) is 0 Å². The van der Waals surface area contributed by atoms with Gasteiger partial charge in [0.15, 0.2) is 0 Å². The smallest absolute Gasteiger partial charge is 0.306 e. The summed E-state index contributed by atoms with van der Waals surface area (Å²) in [4.78, 5) is 11.9. The first-order chi connectivity index (χ1) is 9.78. The lowest BCUT2D eigenvalue weighted by atomic mass is 9.55. The summed E-state index contributed by atoms with van der Waals surface area (Å²) >= 11 is 0. The molecule has 0 saturated heterocycles. The Hall–Kier alpha value is -0.790. The highest BCUT2D eigenvalue weighted by molar-refractivity contribution is 5.69. The van der Waals surface area contributed by atoms with Crippen molar-refractivity contribution in [2.75, 3.05) is 0 Å². The third kappa shape index (κ3) is 3.52. The first-order valence-corrected chi connectivity index (χ1v) is 8.68. The summed E-state index contributed by atoms with van der Waals surface area (Å²) in [5, 5.41) is 0. The highest BCUT2D eigenvalue weighted by atomic mass is 16.6. The van der Waals surface area contributed by atoms with E-state index in [2.05, 4.69) is 27.4 Å². The van der Waals surface area contributed by atoms with E-state index in [4.69, 9.17) is 4.74 Å². The number of hydrogen-bond acceptors (Lipinski definition) is 2. The molecule has 0 heterocycles. The number of carbonyl (C=O) groups excluding carboxylic acids is 1. The first kappa shape index (κ1) is 16.6. The van der Waals surface area contributed by atoms with Crippen LogP contribution in [0.25, 0.3) is 0 Å². The number of fused-ring (bicyclic) bond motifs is 1. The average molecular weight is 292 g/mol. The van der Waals surface area contributed by atoms with Crippen LogP contribution in [-0.4, -0.2) is 11.6 Å². The Kier molecular flexibility index (Phi) is 4.85. The van der Waals surface area contributed by atoms with Crippen LogP contribution in [-0.2, 0) is 9.53 Å². The maximum atomic E-state index is 11.9. The van der Waals surface area contributed by atoms with Gasteiger partial charge in [0.05, 0.1) is 0 Å². The Morgan fingerprint density at radius 2 is 2.14 bits per heavy atom. The Labute approximate surface area is 130 Å². The lowest BCUT2D eigenvalue weighted by molar-refractivity contribution is -0.165. The maximum Gasteiger partial charge on any atom is 0.306 e. The first-order valence-electron chi connectivity index (χ1n) is 8.68. The Morgan fingerprint density at radius 3 is 2.81 bits per heavy atom. The van der Waals surface area contributed by atoms with Crippen molar-refractivity contribution >= 4 is 5.97 Å². The van der Waals surface area contributed by atoms with Crippen molar-refractivity contribution in [3.63, 3.8) is 0 Å². The van der Waals surface area contributed by atoms with E-state index in [-0.39, 0.29) is 11.6 Å². The van der Waals surface area contributed by atoms with Crippen molar-refractivity contribution in [2.24, 2.45) is 17.3 Å². The topological polar surface area (TPSA) is 26.3 Å². The van der Waals surface area contributed by atoms with Crippen LogP contribution in [0.1, 0.15) is 79.1 Å². The minimum absolute atomic E-state index is 0.0432. The molecule has 2 saturated carbocycles.